The van der Waals surface area contributed by atoms with Crippen LogP contribution >= 0.6 is 55.1 Å². The quantitative estimate of drug-likeness (QED) is 0.176. The van der Waals surface area contributed by atoms with Crippen molar-refractivity contribution in [3.05, 3.63) is 102 Å². The van der Waals surface area contributed by atoms with Gasteiger partial charge in [0, 0.05) is 15.1 Å². The first-order valence-corrected chi connectivity index (χ1v) is 11.8. The molecule has 1 aliphatic rings. The summed E-state index contributed by atoms with van der Waals surface area (Å²) in [6, 6.07) is 15.2. The molecule has 3 aromatic rings. The van der Waals surface area contributed by atoms with Crippen molar-refractivity contribution < 1.29 is 19.1 Å². The summed E-state index contributed by atoms with van der Waals surface area (Å²) in [5.41, 5.74) is 2.31. The van der Waals surface area contributed by atoms with Gasteiger partial charge in [-0.15, -0.1) is 0 Å². The highest BCUT2D eigenvalue weighted by atomic mass is 79.9. The van der Waals surface area contributed by atoms with E-state index in [1.807, 2.05) is 19.1 Å². The maximum Gasteiger partial charge on any atom is 0.363 e. The van der Waals surface area contributed by atoms with Crippen molar-refractivity contribution in [3.8, 4) is 5.75 Å². The van der Waals surface area contributed by atoms with Crippen LogP contribution in [0, 0.1) is 6.92 Å². The molecule has 0 unspecified atom stereocenters. The molecule has 0 aromatic heterocycles. The van der Waals surface area contributed by atoms with E-state index in [2.05, 4.69) is 36.9 Å². The molecule has 5 nitrogen and oxygen atoms in total. The summed E-state index contributed by atoms with van der Waals surface area (Å²) in [5, 5.41) is 0.747. The third-order valence-electron chi connectivity index (χ3n) is 4.59. The van der Waals surface area contributed by atoms with Gasteiger partial charge in [0.1, 0.15) is 0 Å². The van der Waals surface area contributed by atoms with Gasteiger partial charge in [-0.1, -0.05) is 56.8 Å². The van der Waals surface area contributed by atoms with Gasteiger partial charge in [-0.2, -0.15) is 0 Å². The Morgan fingerprint density at radius 2 is 1.79 bits per heavy atom. The fourth-order valence-electron chi connectivity index (χ4n) is 2.97. The van der Waals surface area contributed by atoms with Crippen LogP contribution in [0.2, 0.25) is 10.0 Å². The van der Waals surface area contributed by atoms with Crippen LogP contribution in [0.3, 0.4) is 0 Å². The number of carbonyl (C=O) groups is 2. The van der Waals surface area contributed by atoms with Gasteiger partial charge in [-0.3, -0.25) is 0 Å². The molecule has 0 aliphatic carbocycles. The number of hydrogen-bond acceptors (Lipinski definition) is 5. The summed E-state index contributed by atoms with van der Waals surface area (Å²) in [6.45, 7) is 1.93. The Morgan fingerprint density at radius 1 is 1.06 bits per heavy atom. The summed E-state index contributed by atoms with van der Waals surface area (Å²) in [6.07, 6.45) is 1.48. The molecule has 0 saturated heterocycles. The van der Waals surface area contributed by atoms with Gasteiger partial charge in [-0.25, -0.2) is 14.6 Å². The highest BCUT2D eigenvalue weighted by Crippen LogP contribution is 2.36. The van der Waals surface area contributed by atoms with E-state index >= 15 is 0 Å². The minimum atomic E-state index is -0.664. The van der Waals surface area contributed by atoms with Crippen LogP contribution < -0.4 is 4.74 Å². The molecule has 0 spiro atoms. The molecule has 0 radical (unpaired) electrons. The van der Waals surface area contributed by atoms with Crippen LogP contribution in [0.5, 0.6) is 5.75 Å². The van der Waals surface area contributed by atoms with Crippen molar-refractivity contribution in [2.45, 2.75) is 6.92 Å². The predicted octanol–water partition coefficient (Wildman–Crippen LogP) is 7.39. The molecule has 166 valence electrons. The normalized spacial score (nSPS) is 14.3. The van der Waals surface area contributed by atoms with E-state index in [0.29, 0.717) is 35.7 Å². The number of esters is 2. The first-order chi connectivity index (χ1) is 15.7. The number of halogens is 4. The Kier molecular flexibility index (Phi) is 7.05. The lowest BCUT2D eigenvalue weighted by atomic mass is 10.1. The van der Waals surface area contributed by atoms with Gasteiger partial charge in [0.25, 0.3) is 0 Å². The molecule has 0 saturated carbocycles. The van der Waals surface area contributed by atoms with Gasteiger partial charge in [0.15, 0.2) is 11.4 Å². The fourth-order valence-corrected chi connectivity index (χ4v) is 4.80. The molecule has 33 heavy (non-hydrogen) atoms. The Bertz CT molecular complexity index is 1350. The lowest BCUT2D eigenvalue weighted by molar-refractivity contribution is -0.129. The van der Waals surface area contributed by atoms with Crippen molar-refractivity contribution >= 4 is 79.0 Å². The zero-order chi connectivity index (χ0) is 23.7. The molecule has 3 aromatic carbocycles. The molecule has 0 amide bonds. The maximum atomic E-state index is 12.7. The molecule has 0 fully saturated rings. The van der Waals surface area contributed by atoms with E-state index in [-0.39, 0.29) is 17.3 Å². The molecule has 9 heteroatoms. The topological polar surface area (TPSA) is 65.0 Å². The minimum Gasteiger partial charge on any atom is -0.421 e. The van der Waals surface area contributed by atoms with E-state index in [9.17, 15) is 9.59 Å². The summed E-state index contributed by atoms with van der Waals surface area (Å²) < 4.78 is 12.2. The van der Waals surface area contributed by atoms with Crippen LogP contribution in [-0.4, -0.2) is 17.8 Å². The Morgan fingerprint density at radius 3 is 2.48 bits per heavy atom. The highest BCUT2D eigenvalue weighted by molar-refractivity contribution is 9.11. The third kappa shape index (κ3) is 5.38. The number of aryl methyl sites for hydroxylation is 1. The first-order valence-electron chi connectivity index (χ1n) is 9.47. The largest absolute Gasteiger partial charge is 0.421 e. The van der Waals surface area contributed by atoms with Gasteiger partial charge < -0.3 is 9.47 Å². The van der Waals surface area contributed by atoms with Crippen LogP contribution in [0.25, 0.3) is 6.08 Å². The number of carbonyl (C=O) groups excluding carboxylic acids is 2. The number of ether oxygens (including phenoxy) is 2. The zero-order valence-electron chi connectivity index (χ0n) is 16.9. The molecule has 1 heterocycles. The Hall–Kier alpha value is -2.45. The van der Waals surface area contributed by atoms with Crippen molar-refractivity contribution in [3.63, 3.8) is 0 Å². The van der Waals surface area contributed by atoms with E-state index in [1.165, 1.54) is 12.1 Å². The van der Waals surface area contributed by atoms with Gasteiger partial charge in [-0.05, 0) is 71.4 Å². The maximum absolute atomic E-state index is 12.7. The minimum absolute atomic E-state index is 0.0219. The number of cyclic esters (lactones) is 1. The third-order valence-corrected chi connectivity index (χ3v) is 6.19. The van der Waals surface area contributed by atoms with E-state index < -0.39 is 11.9 Å². The van der Waals surface area contributed by atoms with Crippen molar-refractivity contribution in [1.82, 2.24) is 0 Å². The monoisotopic (exact) mass is 607 g/mol. The molecule has 0 N–H and O–H groups in total. The Balaban J connectivity index is 1.71. The van der Waals surface area contributed by atoms with E-state index in [1.54, 1.807) is 36.4 Å². The van der Waals surface area contributed by atoms with Gasteiger partial charge in [0.05, 0.1) is 20.6 Å². The first kappa shape index (κ1) is 23.7. The number of aliphatic imine (C=N–C) groups is 1. The van der Waals surface area contributed by atoms with Crippen LogP contribution in [0.15, 0.2) is 74.2 Å². The molecule has 4 rings (SSSR count). The molecule has 1 aliphatic heterocycles. The number of nitrogens with zero attached hydrogens (tertiary/aromatic N) is 1. The van der Waals surface area contributed by atoms with Gasteiger partial charge in [0.2, 0.25) is 5.90 Å². The second-order valence-electron chi connectivity index (χ2n) is 7.02. The second-order valence-corrected chi connectivity index (χ2v) is 9.64. The SMILES string of the molecule is Cc1ccc(C(=O)Oc2c(Br)cc(Br)cc2/C=C2\N=C(c3ccc(Cl)cc3Cl)OC2=O)cc1. The molecule has 0 atom stereocenters. The highest BCUT2D eigenvalue weighted by Gasteiger charge is 2.27. The summed E-state index contributed by atoms with van der Waals surface area (Å²) in [5.74, 6) is -0.913. The second kappa shape index (κ2) is 9.81. The predicted molar refractivity (Wildman–Crippen MR) is 135 cm³/mol. The number of rotatable bonds is 4. The van der Waals surface area contributed by atoms with Crippen molar-refractivity contribution in [1.29, 1.82) is 0 Å². The average molecular weight is 610 g/mol. The Labute approximate surface area is 216 Å². The summed E-state index contributed by atoms with van der Waals surface area (Å²) in [7, 11) is 0. The lowest BCUT2D eigenvalue weighted by Gasteiger charge is -2.11. The lowest BCUT2D eigenvalue weighted by Crippen LogP contribution is -2.10. The standard InChI is InChI=1S/C24H13Br2Cl2NO4/c1-12-2-4-13(5-3-12)23(30)32-21-14(8-15(25)10-18(21)26)9-20-24(31)33-22(29-20)17-7-6-16(27)11-19(17)28/h2-11H,1H3/b20-9-. The molecular weight excluding hydrogens is 597 g/mol. The number of benzene rings is 3. The van der Waals surface area contributed by atoms with Crippen LogP contribution in [-0.2, 0) is 9.53 Å². The van der Waals surface area contributed by atoms with Crippen LogP contribution in [0.1, 0.15) is 27.0 Å². The fraction of sp³-hybridized carbons (Fsp3) is 0.0417. The average Bonchev–Trinajstić information content (AvgIpc) is 3.10. The van der Waals surface area contributed by atoms with E-state index in [0.717, 1.165) is 5.56 Å². The molecular formula is C24H13Br2Cl2NO4. The molecule has 0 bridgehead atoms. The summed E-state index contributed by atoms with van der Waals surface area (Å²) >= 11 is 19.0. The summed E-state index contributed by atoms with van der Waals surface area (Å²) in [4.78, 5) is 29.5. The smallest absolute Gasteiger partial charge is 0.363 e. The van der Waals surface area contributed by atoms with Crippen molar-refractivity contribution in [2.75, 3.05) is 0 Å². The van der Waals surface area contributed by atoms with Crippen molar-refractivity contribution in [2.24, 2.45) is 4.99 Å². The van der Waals surface area contributed by atoms with Crippen LogP contribution in [0.4, 0.5) is 0 Å². The number of hydrogen-bond donors (Lipinski definition) is 0. The zero-order valence-corrected chi connectivity index (χ0v) is 21.5. The van der Waals surface area contributed by atoms with E-state index in [4.69, 9.17) is 32.7 Å². The van der Waals surface area contributed by atoms with Gasteiger partial charge >= 0.3 is 11.9 Å².